The Bertz CT molecular complexity index is 532. The van der Waals surface area contributed by atoms with Gasteiger partial charge in [-0.15, -0.1) is 0 Å². The Labute approximate surface area is 105 Å². The minimum absolute atomic E-state index is 0.877. The third-order valence-electron chi connectivity index (χ3n) is 2.83. The number of halogens is 1. The molecule has 0 unspecified atom stereocenters. The molecule has 2 aromatic rings. The van der Waals surface area contributed by atoms with Crippen LogP contribution in [0.1, 0.15) is 16.7 Å². The van der Waals surface area contributed by atoms with Crippen LogP contribution in [0.4, 0.5) is 0 Å². The molecule has 1 heterocycles. The number of hydrogen-bond acceptors (Lipinski definition) is 1. The average molecular weight is 276 g/mol. The van der Waals surface area contributed by atoms with Crippen LogP contribution in [-0.4, -0.2) is 4.98 Å². The second-order valence-corrected chi connectivity index (χ2v) is 4.91. The Hall–Kier alpha value is -1.15. The zero-order valence-corrected chi connectivity index (χ0v) is 11.3. The van der Waals surface area contributed by atoms with E-state index in [9.17, 15) is 0 Å². The third kappa shape index (κ3) is 2.17. The standard InChI is InChI=1S/C14H14BrN/c1-9-7-11(3)12(8-10(9)2)13-5-4-6-14(15)16-13/h4-8H,1-3H3. The largest absolute Gasteiger partial charge is 0.241 e. The maximum atomic E-state index is 4.49. The first-order valence-electron chi connectivity index (χ1n) is 5.28. The number of pyridine rings is 1. The Morgan fingerprint density at radius 1 is 0.938 bits per heavy atom. The smallest absolute Gasteiger partial charge is 0.106 e. The van der Waals surface area contributed by atoms with E-state index in [-0.39, 0.29) is 0 Å². The number of rotatable bonds is 1. The summed E-state index contributed by atoms with van der Waals surface area (Å²) in [6.45, 7) is 6.40. The predicted octanol–water partition coefficient (Wildman–Crippen LogP) is 4.44. The maximum Gasteiger partial charge on any atom is 0.106 e. The Balaban J connectivity index is 2.60. The molecule has 0 saturated heterocycles. The highest BCUT2D eigenvalue weighted by Crippen LogP contribution is 2.25. The molecule has 1 nitrogen and oxygen atoms in total. The van der Waals surface area contributed by atoms with E-state index in [0.29, 0.717) is 0 Å². The van der Waals surface area contributed by atoms with Gasteiger partial charge in [-0.1, -0.05) is 12.1 Å². The summed E-state index contributed by atoms with van der Waals surface area (Å²) >= 11 is 3.41. The molecule has 0 fully saturated rings. The molecule has 0 bridgehead atoms. The molecule has 0 radical (unpaired) electrons. The van der Waals surface area contributed by atoms with Gasteiger partial charge in [-0.25, -0.2) is 4.98 Å². The van der Waals surface area contributed by atoms with E-state index < -0.39 is 0 Å². The zero-order valence-electron chi connectivity index (χ0n) is 9.71. The van der Waals surface area contributed by atoms with Crippen molar-refractivity contribution in [2.24, 2.45) is 0 Å². The molecule has 0 N–H and O–H groups in total. The summed E-state index contributed by atoms with van der Waals surface area (Å²) in [5, 5.41) is 0. The lowest BCUT2D eigenvalue weighted by Crippen LogP contribution is -1.91. The Kier molecular flexibility index (Phi) is 3.10. The van der Waals surface area contributed by atoms with Gasteiger partial charge in [0, 0.05) is 5.56 Å². The molecule has 2 rings (SSSR count). The van der Waals surface area contributed by atoms with Gasteiger partial charge in [0.05, 0.1) is 5.69 Å². The summed E-state index contributed by atoms with van der Waals surface area (Å²) in [6, 6.07) is 10.4. The second kappa shape index (κ2) is 4.38. The van der Waals surface area contributed by atoms with E-state index in [1.807, 2.05) is 18.2 Å². The van der Waals surface area contributed by atoms with Gasteiger partial charge >= 0.3 is 0 Å². The summed E-state index contributed by atoms with van der Waals surface area (Å²) in [5.41, 5.74) is 6.15. The highest BCUT2D eigenvalue weighted by Gasteiger charge is 2.05. The summed E-state index contributed by atoms with van der Waals surface area (Å²) in [7, 11) is 0. The monoisotopic (exact) mass is 275 g/mol. The van der Waals surface area contributed by atoms with Gasteiger partial charge in [-0.05, 0) is 71.6 Å². The topological polar surface area (TPSA) is 12.9 Å². The van der Waals surface area contributed by atoms with E-state index in [2.05, 4.69) is 53.8 Å². The normalized spacial score (nSPS) is 10.5. The fourth-order valence-corrected chi connectivity index (χ4v) is 2.14. The summed E-state index contributed by atoms with van der Waals surface area (Å²) < 4.78 is 0.877. The van der Waals surface area contributed by atoms with Crippen LogP contribution < -0.4 is 0 Å². The number of benzene rings is 1. The van der Waals surface area contributed by atoms with E-state index in [1.54, 1.807) is 0 Å². The highest BCUT2D eigenvalue weighted by atomic mass is 79.9. The predicted molar refractivity (Wildman–Crippen MR) is 71.6 cm³/mol. The van der Waals surface area contributed by atoms with Crippen LogP contribution in [0.25, 0.3) is 11.3 Å². The van der Waals surface area contributed by atoms with Gasteiger partial charge in [0.25, 0.3) is 0 Å². The van der Waals surface area contributed by atoms with Gasteiger partial charge in [0.15, 0.2) is 0 Å². The van der Waals surface area contributed by atoms with Gasteiger partial charge < -0.3 is 0 Å². The maximum absolute atomic E-state index is 4.49. The molecule has 0 amide bonds. The minimum atomic E-state index is 0.877. The first kappa shape index (κ1) is 11.3. The van der Waals surface area contributed by atoms with Crippen LogP contribution in [0, 0.1) is 20.8 Å². The minimum Gasteiger partial charge on any atom is -0.241 e. The molecule has 0 atom stereocenters. The molecule has 0 aliphatic heterocycles. The number of aryl methyl sites for hydroxylation is 3. The van der Waals surface area contributed by atoms with Crippen molar-refractivity contribution in [3.8, 4) is 11.3 Å². The molecule has 1 aromatic heterocycles. The van der Waals surface area contributed by atoms with Crippen molar-refractivity contribution in [2.45, 2.75) is 20.8 Å². The lowest BCUT2D eigenvalue weighted by molar-refractivity contribution is 1.24. The summed E-state index contributed by atoms with van der Waals surface area (Å²) in [6.07, 6.45) is 0. The van der Waals surface area contributed by atoms with Crippen molar-refractivity contribution in [3.63, 3.8) is 0 Å². The van der Waals surface area contributed by atoms with Crippen LogP contribution in [0.15, 0.2) is 34.9 Å². The van der Waals surface area contributed by atoms with Crippen molar-refractivity contribution in [2.75, 3.05) is 0 Å². The van der Waals surface area contributed by atoms with E-state index in [4.69, 9.17) is 0 Å². The van der Waals surface area contributed by atoms with E-state index in [1.165, 1.54) is 22.3 Å². The molecule has 16 heavy (non-hydrogen) atoms. The van der Waals surface area contributed by atoms with Crippen LogP contribution in [0.5, 0.6) is 0 Å². The van der Waals surface area contributed by atoms with Gasteiger partial charge in [0.2, 0.25) is 0 Å². The van der Waals surface area contributed by atoms with E-state index in [0.717, 1.165) is 10.3 Å². The highest BCUT2D eigenvalue weighted by molar-refractivity contribution is 9.10. The zero-order chi connectivity index (χ0) is 11.7. The van der Waals surface area contributed by atoms with Crippen LogP contribution in [-0.2, 0) is 0 Å². The van der Waals surface area contributed by atoms with Crippen molar-refractivity contribution in [3.05, 3.63) is 51.6 Å². The molecular weight excluding hydrogens is 262 g/mol. The molecule has 82 valence electrons. The van der Waals surface area contributed by atoms with Crippen LogP contribution in [0.3, 0.4) is 0 Å². The van der Waals surface area contributed by atoms with Crippen LogP contribution in [0.2, 0.25) is 0 Å². The number of aromatic nitrogens is 1. The molecular formula is C14H14BrN. The Morgan fingerprint density at radius 3 is 2.31 bits per heavy atom. The SMILES string of the molecule is Cc1cc(C)c(-c2cccc(Br)n2)cc1C. The summed E-state index contributed by atoms with van der Waals surface area (Å²) in [5.74, 6) is 0. The fraction of sp³-hybridized carbons (Fsp3) is 0.214. The third-order valence-corrected chi connectivity index (χ3v) is 3.27. The molecule has 0 aliphatic carbocycles. The van der Waals surface area contributed by atoms with Gasteiger partial charge in [0.1, 0.15) is 4.60 Å². The first-order chi connectivity index (χ1) is 7.58. The molecule has 0 saturated carbocycles. The Morgan fingerprint density at radius 2 is 1.62 bits per heavy atom. The van der Waals surface area contributed by atoms with Crippen molar-refractivity contribution >= 4 is 15.9 Å². The van der Waals surface area contributed by atoms with Crippen molar-refractivity contribution in [1.82, 2.24) is 4.98 Å². The average Bonchev–Trinajstić information content (AvgIpc) is 2.23. The summed E-state index contributed by atoms with van der Waals surface area (Å²) in [4.78, 5) is 4.49. The first-order valence-corrected chi connectivity index (χ1v) is 6.08. The van der Waals surface area contributed by atoms with E-state index >= 15 is 0 Å². The second-order valence-electron chi connectivity index (χ2n) is 4.10. The van der Waals surface area contributed by atoms with Crippen LogP contribution >= 0.6 is 15.9 Å². The molecule has 0 aliphatic rings. The quantitative estimate of drug-likeness (QED) is 0.702. The molecule has 1 aromatic carbocycles. The molecule has 2 heteroatoms. The van der Waals surface area contributed by atoms with Crippen molar-refractivity contribution < 1.29 is 0 Å². The number of nitrogens with zero attached hydrogens (tertiary/aromatic N) is 1. The van der Waals surface area contributed by atoms with Gasteiger partial charge in [-0.3, -0.25) is 0 Å². The van der Waals surface area contributed by atoms with Crippen molar-refractivity contribution in [1.29, 1.82) is 0 Å². The number of hydrogen-bond donors (Lipinski definition) is 0. The lowest BCUT2D eigenvalue weighted by atomic mass is 9.98. The molecule has 0 spiro atoms. The lowest BCUT2D eigenvalue weighted by Gasteiger charge is -2.09. The fourth-order valence-electron chi connectivity index (χ4n) is 1.79. The van der Waals surface area contributed by atoms with Gasteiger partial charge in [-0.2, -0.15) is 0 Å².